The predicted octanol–water partition coefficient (Wildman–Crippen LogP) is 2.99. The van der Waals surface area contributed by atoms with E-state index in [0.29, 0.717) is 12.1 Å². The van der Waals surface area contributed by atoms with Gasteiger partial charge in [-0.25, -0.2) is 4.68 Å². The minimum atomic E-state index is -0.0618. The van der Waals surface area contributed by atoms with E-state index in [1.807, 2.05) is 54.2 Å². The van der Waals surface area contributed by atoms with Crippen LogP contribution in [0.15, 0.2) is 53.4 Å². The van der Waals surface area contributed by atoms with Crippen LogP contribution in [0.5, 0.6) is 0 Å². The van der Waals surface area contributed by atoms with Crippen molar-refractivity contribution in [1.29, 1.82) is 0 Å². The van der Waals surface area contributed by atoms with Gasteiger partial charge in [0, 0.05) is 37.8 Å². The predicted molar refractivity (Wildman–Crippen MR) is 105 cm³/mol. The van der Waals surface area contributed by atoms with Gasteiger partial charge in [0.05, 0.1) is 22.6 Å². The molecule has 1 amide bonds. The van der Waals surface area contributed by atoms with Crippen LogP contribution in [0.4, 0.5) is 0 Å². The number of para-hydroxylation sites is 1. The number of nitrogens with zero attached hydrogens (tertiary/aromatic N) is 4. The van der Waals surface area contributed by atoms with E-state index in [9.17, 15) is 4.79 Å². The largest absolute Gasteiger partial charge is 0.364 e. The van der Waals surface area contributed by atoms with Gasteiger partial charge in [0.15, 0.2) is 0 Å². The SMILES string of the molecule is CCNC(=O)c1cn(-c2ccccc2)nc1C1CCCN(Cc2ccon2)C1. The van der Waals surface area contributed by atoms with E-state index in [1.165, 1.54) is 0 Å². The second-order valence-electron chi connectivity index (χ2n) is 7.13. The van der Waals surface area contributed by atoms with Gasteiger partial charge < -0.3 is 9.84 Å². The fourth-order valence-electron chi connectivity index (χ4n) is 3.80. The Morgan fingerprint density at radius 3 is 2.89 bits per heavy atom. The summed E-state index contributed by atoms with van der Waals surface area (Å²) < 4.78 is 6.77. The highest BCUT2D eigenvalue weighted by atomic mass is 16.5. The standard InChI is InChI=1S/C21H25N5O2/c1-2-22-21(27)19-15-26(18-8-4-3-5-9-18)23-20(19)16-7-6-11-25(13-16)14-17-10-12-28-24-17/h3-5,8-10,12,15-16H,2,6-7,11,13-14H2,1H3,(H,22,27). The molecule has 0 spiro atoms. The van der Waals surface area contributed by atoms with Gasteiger partial charge in [-0.2, -0.15) is 5.10 Å². The van der Waals surface area contributed by atoms with Gasteiger partial charge in [0.2, 0.25) is 0 Å². The van der Waals surface area contributed by atoms with Gasteiger partial charge in [-0.15, -0.1) is 0 Å². The van der Waals surface area contributed by atoms with Crippen molar-refractivity contribution in [2.45, 2.75) is 32.2 Å². The van der Waals surface area contributed by atoms with Crippen molar-refractivity contribution in [2.75, 3.05) is 19.6 Å². The Bertz CT molecular complexity index is 904. The van der Waals surface area contributed by atoms with E-state index >= 15 is 0 Å². The second-order valence-corrected chi connectivity index (χ2v) is 7.13. The summed E-state index contributed by atoms with van der Waals surface area (Å²) >= 11 is 0. The molecule has 7 heteroatoms. The second kappa shape index (κ2) is 8.39. The van der Waals surface area contributed by atoms with Gasteiger partial charge in [0.1, 0.15) is 6.26 Å². The minimum absolute atomic E-state index is 0.0618. The van der Waals surface area contributed by atoms with Crippen molar-refractivity contribution in [3.05, 3.63) is 65.8 Å². The van der Waals surface area contributed by atoms with Crippen LogP contribution >= 0.6 is 0 Å². The van der Waals surface area contributed by atoms with Crippen LogP contribution in [-0.2, 0) is 6.54 Å². The Balaban J connectivity index is 1.61. The lowest BCUT2D eigenvalue weighted by molar-refractivity contribution is 0.0953. The monoisotopic (exact) mass is 379 g/mol. The first-order valence-corrected chi connectivity index (χ1v) is 9.79. The molecule has 0 aliphatic carbocycles. The third kappa shape index (κ3) is 3.99. The van der Waals surface area contributed by atoms with Gasteiger partial charge in [-0.1, -0.05) is 23.4 Å². The van der Waals surface area contributed by atoms with Gasteiger partial charge in [-0.05, 0) is 38.4 Å². The van der Waals surface area contributed by atoms with Crippen LogP contribution in [0.1, 0.15) is 47.4 Å². The lowest BCUT2D eigenvalue weighted by Gasteiger charge is -2.31. The maximum atomic E-state index is 12.7. The molecule has 1 fully saturated rings. The Morgan fingerprint density at radius 2 is 2.14 bits per heavy atom. The summed E-state index contributed by atoms with van der Waals surface area (Å²) in [6.45, 7) is 5.14. The van der Waals surface area contributed by atoms with Crippen molar-refractivity contribution in [2.24, 2.45) is 0 Å². The first-order valence-electron chi connectivity index (χ1n) is 9.79. The molecule has 1 atom stereocenters. The fourth-order valence-corrected chi connectivity index (χ4v) is 3.80. The molecule has 0 bridgehead atoms. The number of rotatable bonds is 6. The summed E-state index contributed by atoms with van der Waals surface area (Å²) in [6, 6.07) is 11.8. The first-order chi connectivity index (χ1) is 13.7. The highest BCUT2D eigenvalue weighted by molar-refractivity contribution is 5.95. The summed E-state index contributed by atoms with van der Waals surface area (Å²) in [4.78, 5) is 15.0. The highest BCUT2D eigenvalue weighted by Gasteiger charge is 2.28. The molecule has 1 unspecified atom stereocenters. The summed E-state index contributed by atoms with van der Waals surface area (Å²) in [5, 5.41) is 11.8. The zero-order valence-electron chi connectivity index (χ0n) is 16.0. The molecule has 1 aliphatic heterocycles. The van der Waals surface area contributed by atoms with Gasteiger partial charge in [0.25, 0.3) is 5.91 Å². The molecule has 3 aromatic rings. The lowest BCUT2D eigenvalue weighted by Crippen LogP contribution is -2.35. The van der Waals surface area contributed by atoms with E-state index in [2.05, 4.69) is 15.4 Å². The van der Waals surface area contributed by atoms with Crippen molar-refractivity contribution < 1.29 is 9.32 Å². The zero-order valence-corrected chi connectivity index (χ0v) is 16.0. The number of benzene rings is 1. The summed E-state index contributed by atoms with van der Waals surface area (Å²) in [5.74, 6) is 0.150. The summed E-state index contributed by atoms with van der Waals surface area (Å²) in [5.41, 5.74) is 3.42. The number of piperidine rings is 1. The maximum absolute atomic E-state index is 12.7. The number of likely N-dealkylation sites (tertiary alicyclic amines) is 1. The number of carbonyl (C=O) groups is 1. The van der Waals surface area contributed by atoms with E-state index in [0.717, 1.165) is 49.6 Å². The summed E-state index contributed by atoms with van der Waals surface area (Å²) in [6.07, 6.45) is 5.54. The molecule has 0 saturated carbocycles. The Labute approximate surface area is 164 Å². The zero-order chi connectivity index (χ0) is 19.3. The van der Waals surface area contributed by atoms with E-state index in [1.54, 1.807) is 6.26 Å². The third-order valence-electron chi connectivity index (χ3n) is 5.11. The Morgan fingerprint density at radius 1 is 1.29 bits per heavy atom. The van der Waals surface area contributed by atoms with Crippen molar-refractivity contribution in [1.82, 2.24) is 25.2 Å². The number of aromatic nitrogens is 3. The molecule has 3 heterocycles. The van der Waals surface area contributed by atoms with Crippen LogP contribution in [0.25, 0.3) is 5.69 Å². The van der Waals surface area contributed by atoms with Gasteiger partial charge >= 0.3 is 0 Å². The molecule has 1 N–H and O–H groups in total. The molecular formula is C21H25N5O2. The topological polar surface area (TPSA) is 76.2 Å². The van der Waals surface area contributed by atoms with Gasteiger partial charge in [-0.3, -0.25) is 9.69 Å². The quantitative estimate of drug-likeness (QED) is 0.713. The number of amides is 1. The lowest BCUT2D eigenvalue weighted by atomic mass is 9.92. The van der Waals surface area contributed by atoms with Crippen LogP contribution in [-0.4, -0.2) is 45.4 Å². The van der Waals surface area contributed by atoms with E-state index in [-0.39, 0.29) is 11.8 Å². The Hall–Kier alpha value is -2.93. The molecule has 1 saturated heterocycles. The molecule has 0 radical (unpaired) electrons. The van der Waals surface area contributed by atoms with Crippen LogP contribution in [0.3, 0.4) is 0 Å². The van der Waals surface area contributed by atoms with Crippen molar-refractivity contribution in [3.63, 3.8) is 0 Å². The maximum Gasteiger partial charge on any atom is 0.254 e. The van der Waals surface area contributed by atoms with Crippen LogP contribution in [0.2, 0.25) is 0 Å². The van der Waals surface area contributed by atoms with E-state index < -0.39 is 0 Å². The molecule has 4 rings (SSSR count). The number of hydrogen-bond acceptors (Lipinski definition) is 5. The first kappa shape index (κ1) is 18.4. The molecule has 1 aromatic carbocycles. The van der Waals surface area contributed by atoms with Crippen LogP contribution in [0, 0.1) is 0 Å². The van der Waals surface area contributed by atoms with Crippen molar-refractivity contribution in [3.8, 4) is 5.69 Å². The van der Waals surface area contributed by atoms with Crippen molar-refractivity contribution >= 4 is 5.91 Å². The summed E-state index contributed by atoms with van der Waals surface area (Å²) in [7, 11) is 0. The molecular weight excluding hydrogens is 354 g/mol. The Kier molecular flexibility index (Phi) is 5.53. The number of hydrogen-bond donors (Lipinski definition) is 1. The molecule has 7 nitrogen and oxygen atoms in total. The fraction of sp³-hybridized carbons (Fsp3) is 0.381. The smallest absolute Gasteiger partial charge is 0.254 e. The normalized spacial score (nSPS) is 17.5. The molecule has 1 aliphatic rings. The highest BCUT2D eigenvalue weighted by Crippen LogP contribution is 2.29. The van der Waals surface area contributed by atoms with E-state index in [4.69, 9.17) is 9.62 Å². The molecule has 146 valence electrons. The van der Waals surface area contributed by atoms with Crippen LogP contribution < -0.4 is 5.32 Å². The molecule has 28 heavy (non-hydrogen) atoms. The third-order valence-corrected chi connectivity index (χ3v) is 5.11. The number of nitrogens with one attached hydrogen (secondary N) is 1. The number of carbonyl (C=O) groups excluding carboxylic acids is 1. The minimum Gasteiger partial charge on any atom is -0.364 e. The average molecular weight is 379 g/mol. The molecule has 2 aromatic heterocycles. The average Bonchev–Trinajstić information content (AvgIpc) is 3.39.